The zero-order chi connectivity index (χ0) is 21.4. The van der Waals surface area contributed by atoms with Gasteiger partial charge in [0.05, 0.1) is 10.6 Å². The van der Waals surface area contributed by atoms with Gasteiger partial charge in [-0.3, -0.25) is 9.59 Å². The molecular formula is C21H25FN2O4S. The van der Waals surface area contributed by atoms with Crippen molar-refractivity contribution < 1.29 is 22.4 Å². The number of halogens is 1. The molecule has 6 nitrogen and oxygen atoms in total. The van der Waals surface area contributed by atoms with Crippen LogP contribution in [0, 0.1) is 11.7 Å². The maximum Gasteiger partial charge on any atom is 0.251 e. The zero-order valence-electron chi connectivity index (χ0n) is 16.4. The van der Waals surface area contributed by atoms with Crippen molar-refractivity contribution in [1.82, 2.24) is 10.6 Å². The van der Waals surface area contributed by atoms with Gasteiger partial charge in [-0.25, -0.2) is 12.8 Å². The fraction of sp³-hybridized carbons (Fsp3) is 0.333. The van der Waals surface area contributed by atoms with Crippen molar-refractivity contribution in [1.29, 1.82) is 0 Å². The molecule has 156 valence electrons. The van der Waals surface area contributed by atoms with E-state index >= 15 is 0 Å². The van der Waals surface area contributed by atoms with E-state index in [0.29, 0.717) is 0 Å². The van der Waals surface area contributed by atoms with Crippen LogP contribution < -0.4 is 10.6 Å². The number of hydrogen-bond donors (Lipinski definition) is 2. The second kappa shape index (κ2) is 10.2. The summed E-state index contributed by atoms with van der Waals surface area (Å²) >= 11 is 0. The first-order chi connectivity index (χ1) is 13.7. The minimum atomic E-state index is -3.41. The van der Waals surface area contributed by atoms with Gasteiger partial charge in [0.15, 0.2) is 9.84 Å². The van der Waals surface area contributed by atoms with Gasteiger partial charge in [0.25, 0.3) is 5.91 Å². The monoisotopic (exact) mass is 420 g/mol. The Morgan fingerprint density at radius 2 is 1.62 bits per heavy atom. The lowest BCUT2D eigenvalue weighted by atomic mass is 10.0. The van der Waals surface area contributed by atoms with Gasteiger partial charge in [-0.05, 0) is 48.7 Å². The third-order valence-electron chi connectivity index (χ3n) is 4.33. The Balaban J connectivity index is 1.88. The van der Waals surface area contributed by atoms with Gasteiger partial charge >= 0.3 is 0 Å². The molecule has 0 aliphatic heterocycles. The standard InChI is InChI=1S/C21H25FN2O4S/c1-15(2)19(24-20(25)16-9-11-17(22)12-10-16)21(26)23-13-6-14-29(27,28)18-7-4-3-5-8-18/h3-5,7-12,15,19H,6,13-14H2,1-2H3,(H,23,26)(H,24,25). The molecule has 0 radical (unpaired) electrons. The lowest BCUT2D eigenvalue weighted by Gasteiger charge is -2.21. The third-order valence-corrected chi connectivity index (χ3v) is 6.15. The quantitative estimate of drug-likeness (QED) is 0.610. The fourth-order valence-electron chi connectivity index (χ4n) is 2.69. The molecule has 0 spiro atoms. The highest BCUT2D eigenvalue weighted by Crippen LogP contribution is 2.11. The molecule has 2 rings (SSSR count). The van der Waals surface area contributed by atoms with Crippen LogP contribution in [0.15, 0.2) is 59.5 Å². The van der Waals surface area contributed by atoms with E-state index in [2.05, 4.69) is 10.6 Å². The number of carbonyl (C=O) groups excluding carboxylic acids is 2. The van der Waals surface area contributed by atoms with Crippen LogP contribution in [-0.4, -0.2) is 38.6 Å². The molecule has 0 aliphatic carbocycles. The highest BCUT2D eigenvalue weighted by molar-refractivity contribution is 7.91. The molecule has 0 saturated heterocycles. The SMILES string of the molecule is CC(C)C(NC(=O)c1ccc(F)cc1)C(=O)NCCCS(=O)(=O)c1ccccc1. The van der Waals surface area contributed by atoms with Crippen molar-refractivity contribution in [2.75, 3.05) is 12.3 Å². The molecule has 1 unspecified atom stereocenters. The summed E-state index contributed by atoms with van der Waals surface area (Å²) < 4.78 is 37.5. The zero-order valence-corrected chi connectivity index (χ0v) is 17.2. The Morgan fingerprint density at radius 3 is 2.21 bits per heavy atom. The van der Waals surface area contributed by atoms with E-state index in [9.17, 15) is 22.4 Å². The Kier molecular flexibility index (Phi) is 7.90. The second-order valence-corrected chi connectivity index (χ2v) is 9.09. The van der Waals surface area contributed by atoms with Gasteiger partial charge in [-0.15, -0.1) is 0 Å². The lowest BCUT2D eigenvalue weighted by Crippen LogP contribution is -2.50. The summed E-state index contributed by atoms with van der Waals surface area (Å²) in [4.78, 5) is 25.0. The van der Waals surface area contributed by atoms with Crippen LogP contribution in [0.25, 0.3) is 0 Å². The molecule has 8 heteroatoms. The predicted molar refractivity (Wildman–Crippen MR) is 109 cm³/mol. The van der Waals surface area contributed by atoms with E-state index in [1.54, 1.807) is 32.0 Å². The Morgan fingerprint density at radius 1 is 1.00 bits per heavy atom. The van der Waals surface area contributed by atoms with Crippen LogP contribution in [0.4, 0.5) is 4.39 Å². The van der Waals surface area contributed by atoms with Gasteiger partial charge < -0.3 is 10.6 Å². The van der Waals surface area contributed by atoms with Crippen molar-refractivity contribution in [2.45, 2.75) is 31.2 Å². The normalized spacial score (nSPS) is 12.4. The van der Waals surface area contributed by atoms with Crippen molar-refractivity contribution >= 4 is 21.7 Å². The van der Waals surface area contributed by atoms with Crippen LogP contribution in [0.3, 0.4) is 0 Å². The molecule has 0 aromatic heterocycles. The van der Waals surface area contributed by atoms with Gasteiger partial charge in [0, 0.05) is 12.1 Å². The van der Waals surface area contributed by atoms with Crippen molar-refractivity contribution in [2.24, 2.45) is 5.92 Å². The van der Waals surface area contributed by atoms with E-state index in [4.69, 9.17) is 0 Å². The van der Waals surface area contributed by atoms with Crippen LogP contribution in [-0.2, 0) is 14.6 Å². The topological polar surface area (TPSA) is 92.3 Å². The molecule has 2 aromatic rings. The summed E-state index contributed by atoms with van der Waals surface area (Å²) in [6, 6.07) is 12.4. The number of hydrogen-bond acceptors (Lipinski definition) is 4. The number of sulfone groups is 1. The van der Waals surface area contributed by atoms with Gasteiger partial charge in [-0.2, -0.15) is 0 Å². The maximum atomic E-state index is 13.0. The molecule has 2 aromatic carbocycles. The molecule has 0 aliphatic rings. The number of rotatable bonds is 9. The molecular weight excluding hydrogens is 395 g/mol. The molecule has 29 heavy (non-hydrogen) atoms. The van der Waals surface area contributed by atoms with Gasteiger partial charge in [-0.1, -0.05) is 32.0 Å². The molecule has 0 fully saturated rings. The Hall–Kier alpha value is -2.74. The highest BCUT2D eigenvalue weighted by atomic mass is 32.2. The van der Waals surface area contributed by atoms with Crippen molar-refractivity contribution in [3.05, 3.63) is 66.0 Å². The largest absolute Gasteiger partial charge is 0.354 e. The van der Waals surface area contributed by atoms with Crippen LogP contribution in [0.5, 0.6) is 0 Å². The average molecular weight is 421 g/mol. The Labute approximate surface area is 170 Å². The predicted octanol–water partition coefficient (Wildman–Crippen LogP) is 2.56. The maximum absolute atomic E-state index is 13.0. The van der Waals surface area contributed by atoms with E-state index in [1.165, 1.54) is 36.4 Å². The highest BCUT2D eigenvalue weighted by Gasteiger charge is 2.24. The van der Waals surface area contributed by atoms with Crippen LogP contribution >= 0.6 is 0 Å². The molecule has 1 atom stereocenters. The summed E-state index contributed by atoms with van der Waals surface area (Å²) in [6.07, 6.45) is 0.250. The average Bonchev–Trinajstić information content (AvgIpc) is 2.70. The summed E-state index contributed by atoms with van der Waals surface area (Å²) in [5, 5.41) is 5.32. The van der Waals surface area contributed by atoms with Crippen molar-refractivity contribution in [3.63, 3.8) is 0 Å². The fourth-order valence-corrected chi connectivity index (χ4v) is 4.02. The lowest BCUT2D eigenvalue weighted by molar-refractivity contribution is -0.123. The van der Waals surface area contributed by atoms with E-state index in [1.807, 2.05) is 0 Å². The summed E-state index contributed by atoms with van der Waals surface area (Å²) in [5.41, 5.74) is 0.249. The smallest absolute Gasteiger partial charge is 0.251 e. The van der Waals surface area contributed by atoms with Crippen molar-refractivity contribution in [3.8, 4) is 0 Å². The first-order valence-electron chi connectivity index (χ1n) is 9.32. The number of carbonyl (C=O) groups is 2. The third kappa shape index (κ3) is 6.67. The summed E-state index contributed by atoms with van der Waals surface area (Å²) in [5.74, 6) is -1.61. The van der Waals surface area contributed by atoms with Crippen LogP contribution in [0.2, 0.25) is 0 Å². The minimum Gasteiger partial charge on any atom is -0.354 e. The molecule has 0 heterocycles. The molecule has 2 amide bonds. The number of amides is 2. The van der Waals surface area contributed by atoms with E-state index < -0.39 is 33.5 Å². The number of nitrogens with one attached hydrogen (secondary N) is 2. The molecule has 2 N–H and O–H groups in total. The van der Waals surface area contributed by atoms with Gasteiger partial charge in [0.2, 0.25) is 5.91 Å². The summed E-state index contributed by atoms with van der Waals surface area (Å²) in [6.45, 7) is 3.74. The first-order valence-corrected chi connectivity index (χ1v) is 11.0. The van der Waals surface area contributed by atoms with E-state index in [-0.39, 0.29) is 35.1 Å². The van der Waals surface area contributed by atoms with E-state index in [0.717, 1.165) is 0 Å². The van der Waals surface area contributed by atoms with Gasteiger partial charge in [0.1, 0.15) is 11.9 Å². The minimum absolute atomic E-state index is 0.0917. The van der Waals surface area contributed by atoms with Crippen LogP contribution in [0.1, 0.15) is 30.6 Å². The molecule has 0 bridgehead atoms. The molecule has 0 saturated carbocycles. The first kappa shape index (κ1) is 22.5. The second-order valence-electron chi connectivity index (χ2n) is 6.98. The Bertz CT molecular complexity index is 929. The summed E-state index contributed by atoms with van der Waals surface area (Å²) in [7, 11) is -3.41. The number of benzene rings is 2.